The van der Waals surface area contributed by atoms with Gasteiger partial charge in [0.2, 0.25) is 0 Å². The Kier molecular flexibility index (Phi) is 4.45. The Morgan fingerprint density at radius 3 is 2.70 bits per heavy atom. The minimum absolute atomic E-state index is 0.262. The molecule has 2 aromatic rings. The van der Waals surface area contributed by atoms with Crippen molar-refractivity contribution in [1.29, 1.82) is 5.26 Å². The second-order valence-electron chi connectivity index (χ2n) is 3.90. The van der Waals surface area contributed by atoms with Crippen molar-refractivity contribution in [2.24, 2.45) is 0 Å². The average Bonchev–Trinajstić information content (AvgIpc) is 2.48. The van der Waals surface area contributed by atoms with Gasteiger partial charge in [-0.05, 0) is 24.3 Å². The molecule has 1 aromatic carbocycles. The molecule has 0 aliphatic carbocycles. The van der Waals surface area contributed by atoms with Crippen molar-refractivity contribution < 1.29 is 13.5 Å². The number of hydrogen-bond acceptors (Lipinski definition) is 4. The van der Waals surface area contributed by atoms with Crippen molar-refractivity contribution in [3.05, 3.63) is 53.7 Å². The van der Waals surface area contributed by atoms with Gasteiger partial charge in [0.25, 0.3) is 0 Å². The second kappa shape index (κ2) is 6.48. The fourth-order valence-corrected chi connectivity index (χ4v) is 1.48. The summed E-state index contributed by atoms with van der Waals surface area (Å²) >= 11 is 0. The largest absolute Gasteiger partial charge is 0.492 e. The maximum Gasteiger partial charge on any atom is 0.162 e. The molecule has 1 aromatic heterocycles. The summed E-state index contributed by atoms with van der Waals surface area (Å²) in [6, 6.07) is 8.66. The first-order valence-corrected chi connectivity index (χ1v) is 5.87. The zero-order chi connectivity index (χ0) is 14.4. The third kappa shape index (κ3) is 3.65. The number of halogens is 2. The van der Waals surface area contributed by atoms with E-state index in [2.05, 4.69) is 10.3 Å². The van der Waals surface area contributed by atoms with Crippen molar-refractivity contribution in [2.75, 3.05) is 18.5 Å². The van der Waals surface area contributed by atoms with Gasteiger partial charge in [0, 0.05) is 12.3 Å². The predicted molar refractivity (Wildman–Crippen MR) is 69.3 cm³/mol. The number of aromatic nitrogens is 1. The molecule has 0 aliphatic heterocycles. The molecule has 4 nitrogen and oxygen atoms in total. The summed E-state index contributed by atoms with van der Waals surface area (Å²) in [6.07, 6.45) is 1.46. The van der Waals surface area contributed by atoms with Crippen LogP contribution in [0.4, 0.5) is 14.6 Å². The lowest BCUT2D eigenvalue weighted by molar-refractivity contribution is 0.329. The predicted octanol–water partition coefficient (Wildman–Crippen LogP) is 2.72. The summed E-state index contributed by atoms with van der Waals surface area (Å²) < 4.78 is 30.9. The fourth-order valence-electron chi connectivity index (χ4n) is 1.48. The van der Waals surface area contributed by atoms with Gasteiger partial charge in [-0.3, -0.25) is 0 Å². The molecule has 0 radical (unpaired) electrons. The maximum atomic E-state index is 12.9. The SMILES string of the molecule is N#Cc1ccc(NCCOc2ccc(F)c(F)c2)nc1. The average molecular weight is 275 g/mol. The van der Waals surface area contributed by atoms with Crippen molar-refractivity contribution in [2.45, 2.75) is 0 Å². The highest BCUT2D eigenvalue weighted by atomic mass is 19.2. The number of pyridine rings is 1. The number of nitriles is 1. The zero-order valence-electron chi connectivity index (χ0n) is 10.4. The van der Waals surface area contributed by atoms with Crippen LogP contribution < -0.4 is 10.1 Å². The number of anilines is 1. The topological polar surface area (TPSA) is 57.9 Å². The second-order valence-corrected chi connectivity index (χ2v) is 3.90. The van der Waals surface area contributed by atoms with Gasteiger partial charge in [-0.2, -0.15) is 5.26 Å². The van der Waals surface area contributed by atoms with Crippen LogP contribution in [0, 0.1) is 23.0 Å². The molecule has 0 spiro atoms. The fraction of sp³-hybridized carbons (Fsp3) is 0.143. The first-order chi connectivity index (χ1) is 9.69. The zero-order valence-corrected chi connectivity index (χ0v) is 10.4. The third-order valence-corrected chi connectivity index (χ3v) is 2.46. The van der Waals surface area contributed by atoms with Crippen molar-refractivity contribution in [1.82, 2.24) is 4.98 Å². The van der Waals surface area contributed by atoms with E-state index in [1.807, 2.05) is 6.07 Å². The van der Waals surface area contributed by atoms with Crippen molar-refractivity contribution in [3.63, 3.8) is 0 Å². The van der Waals surface area contributed by atoms with Gasteiger partial charge in [0.05, 0.1) is 12.1 Å². The van der Waals surface area contributed by atoms with E-state index in [1.165, 1.54) is 12.3 Å². The normalized spacial score (nSPS) is 9.85. The smallest absolute Gasteiger partial charge is 0.162 e. The highest BCUT2D eigenvalue weighted by molar-refractivity contribution is 5.38. The lowest BCUT2D eigenvalue weighted by Gasteiger charge is -2.08. The number of ether oxygens (including phenoxy) is 1. The first kappa shape index (κ1) is 13.7. The molecule has 0 saturated heterocycles. The summed E-state index contributed by atoms with van der Waals surface area (Å²) in [5.41, 5.74) is 0.480. The molecule has 0 bridgehead atoms. The van der Waals surface area contributed by atoms with Gasteiger partial charge >= 0.3 is 0 Å². The Morgan fingerprint density at radius 2 is 2.05 bits per heavy atom. The molecule has 2 rings (SSSR count). The van der Waals surface area contributed by atoms with Crippen LogP contribution in [0.15, 0.2) is 36.5 Å². The van der Waals surface area contributed by atoms with E-state index in [0.717, 1.165) is 12.1 Å². The molecule has 20 heavy (non-hydrogen) atoms. The molecule has 1 heterocycles. The number of nitrogens with zero attached hydrogens (tertiary/aromatic N) is 2. The summed E-state index contributed by atoms with van der Waals surface area (Å²) in [6.45, 7) is 0.713. The van der Waals surface area contributed by atoms with E-state index in [1.54, 1.807) is 12.1 Å². The van der Waals surface area contributed by atoms with E-state index in [9.17, 15) is 8.78 Å². The molecule has 1 N–H and O–H groups in total. The van der Waals surface area contributed by atoms with Gasteiger partial charge in [-0.15, -0.1) is 0 Å². The Balaban J connectivity index is 1.78. The van der Waals surface area contributed by atoms with E-state index < -0.39 is 11.6 Å². The van der Waals surface area contributed by atoms with Crippen LogP contribution in [0.5, 0.6) is 5.75 Å². The molecule has 0 atom stereocenters. The van der Waals surface area contributed by atoms with E-state index in [4.69, 9.17) is 10.00 Å². The molecule has 0 saturated carbocycles. The monoisotopic (exact) mass is 275 g/mol. The van der Waals surface area contributed by atoms with Crippen molar-refractivity contribution in [3.8, 4) is 11.8 Å². The lowest BCUT2D eigenvalue weighted by atomic mass is 10.3. The number of benzene rings is 1. The Bertz CT molecular complexity index is 623. The molecule has 6 heteroatoms. The molecular formula is C14H11F2N3O. The number of rotatable bonds is 5. The molecule has 102 valence electrons. The standard InChI is InChI=1S/C14H11F2N3O/c15-12-3-2-11(7-13(12)16)20-6-5-18-14-4-1-10(8-17)9-19-14/h1-4,7,9H,5-6H2,(H,18,19). The van der Waals surface area contributed by atoms with Crippen LogP contribution in [0.25, 0.3) is 0 Å². The van der Waals surface area contributed by atoms with Gasteiger partial charge in [-0.25, -0.2) is 13.8 Å². The Labute approximate surface area is 114 Å². The van der Waals surface area contributed by atoms with Crippen LogP contribution in [0.1, 0.15) is 5.56 Å². The molecular weight excluding hydrogens is 264 g/mol. The minimum Gasteiger partial charge on any atom is -0.492 e. The molecule has 0 aliphatic rings. The highest BCUT2D eigenvalue weighted by Crippen LogP contribution is 2.15. The molecule has 0 amide bonds. The summed E-state index contributed by atoms with van der Waals surface area (Å²) in [5.74, 6) is -0.974. The van der Waals surface area contributed by atoms with Crippen LogP contribution in [-0.4, -0.2) is 18.1 Å². The Morgan fingerprint density at radius 1 is 1.20 bits per heavy atom. The van der Waals surface area contributed by atoms with E-state index in [0.29, 0.717) is 17.9 Å². The summed E-state index contributed by atoms with van der Waals surface area (Å²) in [5, 5.41) is 11.6. The van der Waals surface area contributed by atoms with Gasteiger partial charge < -0.3 is 10.1 Å². The van der Waals surface area contributed by atoms with Crippen LogP contribution in [0.2, 0.25) is 0 Å². The Hall–Kier alpha value is -2.68. The maximum absolute atomic E-state index is 12.9. The quantitative estimate of drug-likeness (QED) is 0.852. The molecule has 0 unspecified atom stereocenters. The van der Waals surface area contributed by atoms with Crippen LogP contribution in [-0.2, 0) is 0 Å². The van der Waals surface area contributed by atoms with Crippen LogP contribution in [0.3, 0.4) is 0 Å². The third-order valence-electron chi connectivity index (χ3n) is 2.46. The highest BCUT2D eigenvalue weighted by Gasteiger charge is 2.03. The first-order valence-electron chi connectivity index (χ1n) is 5.87. The van der Waals surface area contributed by atoms with Gasteiger partial charge in [0.1, 0.15) is 24.2 Å². The van der Waals surface area contributed by atoms with E-state index in [-0.39, 0.29) is 12.4 Å². The van der Waals surface area contributed by atoms with Gasteiger partial charge in [-0.1, -0.05) is 0 Å². The number of hydrogen-bond donors (Lipinski definition) is 1. The minimum atomic E-state index is -0.941. The molecule has 0 fully saturated rings. The van der Waals surface area contributed by atoms with Crippen molar-refractivity contribution >= 4 is 5.82 Å². The van der Waals surface area contributed by atoms with Gasteiger partial charge in [0.15, 0.2) is 11.6 Å². The summed E-state index contributed by atoms with van der Waals surface area (Å²) in [7, 11) is 0. The summed E-state index contributed by atoms with van der Waals surface area (Å²) in [4.78, 5) is 4.02. The van der Waals surface area contributed by atoms with Crippen LogP contribution >= 0.6 is 0 Å². The lowest BCUT2D eigenvalue weighted by Crippen LogP contribution is -2.12. The number of nitrogens with one attached hydrogen (secondary N) is 1. The van der Waals surface area contributed by atoms with E-state index >= 15 is 0 Å².